The summed E-state index contributed by atoms with van der Waals surface area (Å²) in [4.78, 5) is 12.1. The molecule has 0 aromatic heterocycles. The number of amides is 1. The third-order valence-electron chi connectivity index (χ3n) is 3.69. The van der Waals surface area contributed by atoms with Crippen molar-refractivity contribution in [2.75, 3.05) is 6.54 Å². The third-order valence-corrected chi connectivity index (χ3v) is 5.12. The normalized spacial score (nSPS) is 13.0. The van der Waals surface area contributed by atoms with Gasteiger partial charge in [0.2, 0.25) is 15.9 Å². The lowest BCUT2D eigenvalue weighted by molar-refractivity contribution is -0.121. The summed E-state index contributed by atoms with van der Waals surface area (Å²) in [5, 5.41) is 2.97. The first kappa shape index (κ1) is 20.6. The summed E-state index contributed by atoms with van der Waals surface area (Å²) in [6.45, 7) is 8.43. The van der Waals surface area contributed by atoms with Gasteiger partial charge in [0.25, 0.3) is 0 Å². The van der Waals surface area contributed by atoms with E-state index in [2.05, 4.69) is 17.0 Å². The number of rotatable bonds is 10. The first-order valence-electron chi connectivity index (χ1n) is 8.62. The fourth-order valence-corrected chi connectivity index (χ4v) is 3.52. The fraction of sp³-hybridized carbons (Fsp3) is 0.611. The lowest BCUT2D eigenvalue weighted by atomic mass is 10.1. The predicted octanol–water partition coefficient (Wildman–Crippen LogP) is 2.86. The SMILES string of the molecule is CCC[C@H](C)NC(=O)CCc1ccc(S(=O)(=O)NCC(C)C)cc1. The van der Waals surface area contributed by atoms with E-state index in [0.29, 0.717) is 19.4 Å². The van der Waals surface area contributed by atoms with Gasteiger partial charge in [-0.3, -0.25) is 4.79 Å². The van der Waals surface area contributed by atoms with Crippen LogP contribution in [-0.4, -0.2) is 26.9 Å². The number of sulfonamides is 1. The number of carbonyl (C=O) groups is 1. The number of aryl methyl sites for hydroxylation is 1. The van der Waals surface area contributed by atoms with Gasteiger partial charge < -0.3 is 5.32 Å². The molecule has 0 aliphatic rings. The second-order valence-corrected chi connectivity index (χ2v) is 8.41. The molecule has 0 radical (unpaired) electrons. The molecule has 1 rings (SSSR count). The Labute approximate surface area is 146 Å². The standard InChI is InChI=1S/C18H30N2O3S/c1-5-6-15(4)20-18(21)12-9-16-7-10-17(11-8-16)24(22,23)19-13-14(2)3/h7-8,10-11,14-15,19H,5-6,9,12-13H2,1-4H3,(H,20,21)/t15-/m0/s1. The van der Waals surface area contributed by atoms with Crippen LogP contribution in [-0.2, 0) is 21.2 Å². The largest absolute Gasteiger partial charge is 0.354 e. The van der Waals surface area contributed by atoms with Crippen molar-refractivity contribution in [2.24, 2.45) is 5.92 Å². The zero-order valence-corrected chi connectivity index (χ0v) is 15.9. The van der Waals surface area contributed by atoms with E-state index < -0.39 is 10.0 Å². The maximum Gasteiger partial charge on any atom is 0.240 e. The summed E-state index contributed by atoms with van der Waals surface area (Å²) in [7, 11) is -3.45. The molecule has 0 spiro atoms. The number of hydrogen-bond donors (Lipinski definition) is 2. The molecule has 0 fully saturated rings. The molecule has 0 aliphatic heterocycles. The molecule has 6 heteroatoms. The molecule has 5 nitrogen and oxygen atoms in total. The zero-order valence-electron chi connectivity index (χ0n) is 15.1. The highest BCUT2D eigenvalue weighted by atomic mass is 32.2. The Kier molecular flexibility index (Phi) is 8.42. The summed E-state index contributed by atoms with van der Waals surface area (Å²) in [5.74, 6) is 0.291. The van der Waals surface area contributed by atoms with Gasteiger partial charge in [0.15, 0.2) is 0 Å². The van der Waals surface area contributed by atoms with Gasteiger partial charge in [0, 0.05) is 19.0 Å². The number of nitrogens with one attached hydrogen (secondary N) is 2. The van der Waals surface area contributed by atoms with E-state index in [0.717, 1.165) is 18.4 Å². The Morgan fingerprint density at radius 1 is 1.12 bits per heavy atom. The van der Waals surface area contributed by atoms with Gasteiger partial charge in [0.05, 0.1) is 4.90 Å². The van der Waals surface area contributed by atoms with Crippen molar-refractivity contribution in [3.63, 3.8) is 0 Å². The van der Waals surface area contributed by atoms with Gasteiger partial charge >= 0.3 is 0 Å². The van der Waals surface area contributed by atoms with Crippen molar-refractivity contribution in [3.05, 3.63) is 29.8 Å². The Hall–Kier alpha value is -1.40. The Balaban J connectivity index is 2.54. The summed E-state index contributed by atoms with van der Waals surface area (Å²) in [5.41, 5.74) is 0.955. The van der Waals surface area contributed by atoms with E-state index in [-0.39, 0.29) is 22.8 Å². The summed E-state index contributed by atoms with van der Waals surface area (Å²) in [6, 6.07) is 6.92. The van der Waals surface area contributed by atoms with Gasteiger partial charge in [-0.2, -0.15) is 0 Å². The highest BCUT2D eigenvalue weighted by Gasteiger charge is 2.14. The average molecular weight is 355 g/mol. The Morgan fingerprint density at radius 3 is 2.29 bits per heavy atom. The lowest BCUT2D eigenvalue weighted by Gasteiger charge is -2.12. The van der Waals surface area contributed by atoms with E-state index in [1.165, 1.54) is 0 Å². The minimum absolute atomic E-state index is 0.0336. The van der Waals surface area contributed by atoms with Gasteiger partial charge in [-0.05, 0) is 43.4 Å². The van der Waals surface area contributed by atoms with Crippen molar-refractivity contribution in [1.29, 1.82) is 0 Å². The van der Waals surface area contributed by atoms with Crippen molar-refractivity contribution in [2.45, 2.75) is 64.3 Å². The molecule has 1 aromatic rings. The first-order valence-corrected chi connectivity index (χ1v) is 10.1. The van der Waals surface area contributed by atoms with Crippen LogP contribution in [0.2, 0.25) is 0 Å². The zero-order chi connectivity index (χ0) is 18.2. The minimum Gasteiger partial charge on any atom is -0.354 e. The highest BCUT2D eigenvalue weighted by molar-refractivity contribution is 7.89. The molecule has 0 heterocycles. The first-order chi connectivity index (χ1) is 11.2. The van der Waals surface area contributed by atoms with Crippen LogP contribution in [0.25, 0.3) is 0 Å². The number of hydrogen-bond acceptors (Lipinski definition) is 3. The van der Waals surface area contributed by atoms with E-state index >= 15 is 0 Å². The maximum absolute atomic E-state index is 12.1. The van der Waals surface area contributed by atoms with Crippen LogP contribution in [0.1, 0.15) is 52.5 Å². The summed E-state index contributed by atoms with van der Waals surface area (Å²) in [6.07, 6.45) is 3.03. The van der Waals surface area contributed by atoms with Gasteiger partial charge in [-0.25, -0.2) is 13.1 Å². The lowest BCUT2D eigenvalue weighted by Crippen LogP contribution is -2.32. The Morgan fingerprint density at radius 2 is 1.75 bits per heavy atom. The van der Waals surface area contributed by atoms with Gasteiger partial charge in [0.1, 0.15) is 0 Å². The van der Waals surface area contributed by atoms with Crippen LogP contribution in [0.15, 0.2) is 29.2 Å². The molecular weight excluding hydrogens is 324 g/mol. The molecule has 0 bridgehead atoms. The van der Waals surface area contributed by atoms with Crippen LogP contribution in [0.4, 0.5) is 0 Å². The molecule has 0 saturated heterocycles. The third kappa shape index (κ3) is 7.45. The quantitative estimate of drug-likeness (QED) is 0.678. The molecule has 2 N–H and O–H groups in total. The van der Waals surface area contributed by atoms with Crippen LogP contribution < -0.4 is 10.0 Å². The smallest absolute Gasteiger partial charge is 0.240 e. The van der Waals surface area contributed by atoms with Crippen LogP contribution in [0, 0.1) is 5.92 Å². The summed E-state index contributed by atoms with van der Waals surface area (Å²) >= 11 is 0. The predicted molar refractivity (Wildman–Crippen MR) is 97.3 cm³/mol. The second-order valence-electron chi connectivity index (χ2n) is 6.65. The monoisotopic (exact) mass is 354 g/mol. The molecular formula is C18H30N2O3S. The molecule has 1 amide bonds. The van der Waals surface area contributed by atoms with Gasteiger partial charge in [-0.1, -0.05) is 39.3 Å². The number of carbonyl (C=O) groups excluding carboxylic acids is 1. The van der Waals surface area contributed by atoms with E-state index in [4.69, 9.17) is 0 Å². The maximum atomic E-state index is 12.1. The van der Waals surface area contributed by atoms with Gasteiger partial charge in [-0.15, -0.1) is 0 Å². The average Bonchev–Trinajstić information content (AvgIpc) is 2.52. The number of benzene rings is 1. The molecule has 0 aliphatic carbocycles. The van der Waals surface area contributed by atoms with Crippen molar-refractivity contribution in [1.82, 2.24) is 10.0 Å². The van der Waals surface area contributed by atoms with E-state index in [9.17, 15) is 13.2 Å². The molecule has 0 saturated carbocycles. The Bertz CT molecular complexity index is 610. The van der Waals surface area contributed by atoms with Crippen LogP contribution in [0.5, 0.6) is 0 Å². The molecule has 24 heavy (non-hydrogen) atoms. The van der Waals surface area contributed by atoms with E-state index in [1.807, 2.05) is 20.8 Å². The molecule has 1 aromatic carbocycles. The van der Waals surface area contributed by atoms with Crippen molar-refractivity contribution in [3.8, 4) is 0 Å². The molecule has 0 unspecified atom stereocenters. The summed E-state index contributed by atoms with van der Waals surface area (Å²) < 4.78 is 26.8. The van der Waals surface area contributed by atoms with Crippen molar-refractivity contribution < 1.29 is 13.2 Å². The highest BCUT2D eigenvalue weighted by Crippen LogP contribution is 2.12. The fourth-order valence-electron chi connectivity index (χ4n) is 2.31. The second kappa shape index (κ2) is 9.79. The van der Waals surface area contributed by atoms with Crippen LogP contribution >= 0.6 is 0 Å². The topological polar surface area (TPSA) is 75.3 Å². The van der Waals surface area contributed by atoms with E-state index in [1.54, 1.807) is 24.3 Å². The van der Waals surface area contributed by atoms with Crippen molar-refractivity contribution >= 4 is 15.9 Å². The van der Waals surface area contributed by atoms with Crippen LogP contribution in [0.3, 0.4) is 0 Å². The minimum atomic E-state index is -3.45. The molecule has 1 atom stereocenters. The molecule has 136 valence electrons.